The number of fused-ring (bicyclic) bond motifs is 1. The molecular formula is C17H22N4. The van der Waals surface area contributed by atoms with Gasteiger partial charge in [0.1, 0.15) is 0 Å². The lowest BCUT2D eigenvalue weighted by atomic mass is 9.92. The van der Waals surface area contributed by atoms with Gasteiger partial charge in [-0.2, -0.15) is 5.10 Å². The van der Waals surface area contributed by atoms with E-state index in [4.69, 9.17) is 5.73 Å². The van der Waals surface area contributed by atoms with Crippen LogP contribution in [0.2, 0.25) is 0 Å². The second kappa shape index (κ2) is 5.37. The standard InChI is InChI=1S/C17H22N4/c1-10(2)15-8-16(21-20-15)13(9-18)17-11(3)19-14-7-5-4-6-12(14)17/h4-8,10,13,19H,9,18H2,1-3H3,(H,20,21). The second-order valence-corrected chi connectivity index (χ2v) is 5.90. The Kier molecular flexibility index (Phi) is 3.55. The molecule has 4 heteroatoms. The average molecular weight is 282 g/mol. The number of nitrogens with two attached hydrogens (primary N) is 1. The van der Waals surface area contributed by atoms with E-state index in [1.54, 1.807) is 0 Å². The monoisotopic (exact) mass is 282 g/mol. The first kappa shape index (κ1) is 13.9. The van der Waals surface area contributed by atoms with Gasteiger partial charge in [0.05, 0.1) is 5.69 Å². The third-order valence-electron chi connectivity index (χ3n) is 4.11. The average Bonchev–Trinajstić information content (AvgIpc) is 3.06. The first-order valence-electron chi connectivity index (χ1n) is 7.44. The highest BCUT2D eigenvalue weighted by atomic mass is 15.1. The van der Waals surface area contributed by atoms with E-state index in [9.17, 15) is 0 Å². The Hall–Kier alpha value is -2.07. The van der Waals surface area contributed by atoms with Crippen molar-refractivity contribution in [1.82, 2.24) is 15.2 Å². The molecule has 0 fully saturated rings. The van der Waals surface area contributed by atoms with Crippen molar-refractivity contribution in [3.8, 4) is 0 Å². The van der Waals surface area contributed by atoms with Crippen LogP contribution in [0.4, 0.5) is 0 Å². The molecule has 1 atom stereocenters. The van der Waals surface area contributed by atoms with Crippen LogP contribution in [0.25, 0.3) is 10.9 Å². The molecule has 0 radical (unpaired) electrons. The predicted molar refractivity (Wildman–Crippen MR) is 86.6 cm³/mol. The van der Waals surface area contributed by atoms with Crippen LogP contribution in [0.5, 0.6) is 0 Å². The van der Waals surface area contributed by atoms with Gasteiger partial charge in [-0.15, -0.1) is 0 Å². The summed E-state index contributed by atoms with van der Waals surface area (Å²) in [4.78, 5) is 3.45. The molecule has 0 bridgehead atoms. The van der Waals surface area contributed by atoms with Gasteiger partial charge in [-0.05, 0) is 30.5 Å². The van der Waals surface area contributed by atoms with Gasteiger partial charge in [-0.25, -0.2) is 0 Å². The lowest BCUT2D eigenvalue weighted by Gasteiger charge is -2.13. The molecule has 3 aromatic rings. The molecule has 1 aromatic carbocycles. The summed E-state index contributed by atoms with van der Waals surface area (Å²) in [5.74, 6) is 0.554. The Labute approximate surface area is 124 Å². The van der Waals surface area contributed by atoms with Gasteiger partial charge >= 0.3 is 0 Å². The van der Waals surface area contributed by atoms with E-state index in [0.29, 0.717) is 12.5 Å². The zero-order valence-electron chi connectivity index (χ0n) is 12.8. The van der Waals surface area contributed by atoms with E-state index < -0.39 is 0 Å². The minimum Gasteiger partial charge on any atom is -0.358 e. The largest absolute Gasteiger partial charge is 0.358 e. The topological polar surface area (TPSA) is 70.5 Å². The lowest BCUT2D eigenvalue weighted by Crippen LogP contribution is -2.15. The maximum absolute atomic E-state index is 6.08. The molecule has 21 heavy (non-hydrogen) atoms. The number of aromatic amines is 2. The number of benzene rings is 1. The van der Waals surface area contributed by atoms with Crippen molar-refractivity contribution < 1.29 is 0 Å². The molecule has 0 saturated heterocycles. The number of para-hydroxylation sites is 1. The van der Waals surface area contributed by atoms with Crippen LogP contribution >= 0.6 is 0 Å². The van der Waals surface area contributed by atoms with Crippen molar-refractivity contribution in [3.63, 3.8) is 0 Å². The predicted octanol–water partition coefficient (Wildman–Crippen LogP) is 3.41. The number of rotatable bonds is 4. The van der Waals surface area contributed by atoms with Gasteiger partial charge in [0, 0.05) is 34.8 Å². The van der Waals surface area contributed by atoms with E-state index in [-0.39, 0.29) is 5.92 Å². The highest BCUT2D eigenvalue weighted by Crippen LogP contribution is 2.32. The van der Waals surface area contributed by atoms with E-state index >= 15 is 0 Å². The van der Waals surface area contributed by atoms with Gasteiger partial charge in [0.2, 0.25) is 0 Å². The van der Waals surface area contributed by atoms with E-state index in [2.05, 4.69) is 60.2 Å². The fraction of sp³-hybridized carbons (Fsp3) is 0.353. The number of H-pyrrole nitrogens is 2. The first-order chi connectivity index (χ1) is 10.1. The SMILES string of the molecule is Cc1[nH]c2ccccc2c1C(CN)c1cc(C(C)C)n[nH]1. The number of nitrogens with one attached hydrogen (secondary N) is 2. The highest BCUT2D eigenvalue weighted by molar-refractivity contribution is 5.85. The van der Waals surface area contributed by atoms with Crippen molar-refractivity contribution >= 4 is 10.9 Å². The van der Waals surface area contributed by atoms with Crippen molar-refractivity contribution in [2.24, 2.45) is 5.73 Å². The molecule has 0 aliphatic heterocycles. The van der Waals surface area contributed by atoms with Crippen LogP contribution < -0.4 is 5.73 Å². The minimum atomic E-state index is 0.140. The van der Waals surface area contributed by atoms with Gasteiger partial charge in [0.15, 0.2) is 0 Å². The summed E-state index contributed by atoms with van der Waals surface area (Å²) in [7, 11) is 0. The van der Waals surface area contributed by atoms with Crippen molar-refractivity contribution in [2.75, 3.05) is 6.54 Å². The molecule has 2 aromatic heterocycles. The zero-order valence-corrected chi connectivity index (χ0v) is 12.8. The highest BCUT2D eigenvalue weighted by Gasteiger charge is 2.21. The number of aryl methyl sites for hydroxylation is 1. The number of hydrogen-bond acceptors (Lipinski definition) is 2. The van der Waals surface area contributed by atoms with Gasteiger partial charge in [-0.1, -0.05) is 32.0 Å². The fourth-order valence-corrected chi connectivity index (χ4v) is 2.97. The van der Waals surface area contributed by atoms with Crippen molar-refractivity contribution in [1.29, 1.82) is 0 Å². The molecule has 110 valence electrons. The fourth-order valence-electron chi connectivity index (χ4n) is 2.97. The summed E-state index contributed by atoms with van der Waals surface area (Å²) < 4.78 is 0. The summed E-state index contributed by atoms with van der Waals surface area (Å²) >= 11 is 0. The quantitative estimate of drug-likeness (QED) is 0.686. The number of hydrogen-bond donors (Lipinski definition) is 3. The zero-order chi connectivity index (χ0) is 15.0. The first-order valence-corrected chi connectivity index (χ1v) is 7.44. The molecule has 4 nitrogen and oxygen atoms in total. The number of nitrogens with zero attached hydrogens (tertiary/aromatic N) is 1. The maximum Gasteiger partial charge on any atom is 0.0650 e. The Balaban J connectivity index is 2.11. The Bertz CT molecular complexity index is 751. The molecule has 0 aliphatic carbocycles. The van der Waals surface area contributed by atoms with Crippen LogP contribution in [0.1, 0.15) is 48.3 Å². The summed E-state index contributed by atoms with van der Waals surface area (Å²) in [5.41, 5.74) is 11.9. The molecule has 0 spiro atoms. The molecule has 4 N–H and O–H groups in total. The summed E-state index contributed by atoms with van der Waals surface area (Å²) in [6.07, 6.45) is 0. The maximum atomic E-state index is 6.08. The minimum absolute atomic E-state index is 0.140. The molecule has 2 heterocycles. The van der Waals surface area contributed by atoms with E-state index in [1.165, 1.54) is 16.6 Å². The molecule has 0 amide bonds. The van der Waals surface area contributed by atoms with Crippen LogP contribution in [-0.4, -0.2) is 21.7 Å². The van der Waals surface area contributed by atoms with Crippen LogP contribution in [0, 0.1) is 6.92 Å². The van der Waals surface area contributed by atoms with Gasteiger partial charge < -0.3 is 10.7 Å². The van der Waals surface area contributed by atoms with Gasteiger partial charge in [0.25, 0.3) is 0 Å². The molecule has 1 unspecified atom stereocenters. The third-order valence-corrected chi connectivity index (χ3v) is 4.11. The van der Waals surface area contributed by atoms with Crippen LogP contribution in [-0.2, 0) is 0 Å². The number of aromatic nitrogens is 3. The lowest BCUT2D eigenvalue weighted by molar-refractivity contribution is 0.772. The van der Waals surface area contributed by atoms with E-state index in [1.807, 2.05) is 6.07 Å². The normalized spacial score (nSPS) is 13.2. The smallest absolute Gasteiger partial charge is 0.0650 e. The van der Waals surface area contributed by atoms with Gasteiger partial charge in [-0.3, -0.25) is 5.10 Å². The third kappa shape index (κ3) is 2.36. The van der Waals surface area contributed by atoms with Crippen molar-refractivity contribution in [3.05, 3.63) is 53.0 Å². The van der Waals surface area contributed by atoms with E-state index in [0.717, 1.165) is 16.9 Å². The molecule has 3 rings (SSSR count). The molecule has 0 saturated carbocycles. The summed E-state index contributed by atoms with van der Waals surface area (Å²) in [5, 5.41) is 8.83. The Morgan fingerprint density at radius 3 is 2.67 bits per heavy atom. The van der Waals surface area contributed by atoms with Crippen LogP contribution in [0.15, 0.2) is 30.3 Å². The summed E-state index contributed by atoms with van der Waals surface area (Å²) in [6.45, 7) is 6.96. The Morgan fingerprint density at radius 1 is 1.24 bits per heavy atom. The van der Waals surface area contributed by atoms with Crippen LogP contribution in [0.3, 0.4) is 0 Å². The second-order valence-electron chi connectivity index (χ2n) is 5.90. The molecule has 0 aliphatic rings. The molecular weight excluding hydrogens is 260 g/mol. The Morgan fingerprint density at radius 2 is 2.00 bits per heavy atom. The summed E-state index contributed by atoms with van der Waals surface area (Å²) in [6, 6.07) is 10.5. The van der Waals surface area contributed by atoms with Crippen molar-refractivity contribution in [2.45, 2.75) is 32.6 Å².